The number of carbonyl (C=O) groups is 1. The van der Waals surface area contributed by atoms with E-state index < -0.39 is 30.6 Å². The third-order valence-corrected chi connectivity index (χ3v) is 2.72. The van der Waals surface area contributed by atoms with Crippen LogP contribution in [0.3, 0.4) is 0 Å². The third-order valence-electron chi connectivity index (χ3n) is 2.72. The zero-order valence-electron chi connectivity index (χ0n) is 12.7. The predicted molar refractivity (Wildman–Crippen MR) is 76.6 cm³/mol. The Hall–Kier alpha value is -1.69. The van der Waals surface area contributed by atoms with E-state index in [9.17, 15) is 13.6 Å². The molecule has 0 fully saturated rings. The van der Waals surface area contributed by atoms with Crippen molar-refractivity contribution < 1.29 is 23.4 Å². The number of halogens is 2. The van der Waals surface area contributed by atoms with Crippen molar-refractivity contribution in [2.45, 2.75) is 45.6 Å². The molecule has 0 aliphatic rings. The van der Waals surface area contributed by atoms with Gasteiger partial charge in [-0.3, -0.25) is 5.32 Å². The Balaban J connectivity index is 2.95. The normalized spacial score (nSPS) is 12.1. The Morgan fingerprint density at radius 3 is 2.48 bits per heavy atom. The van der Waals surface area contributed by atoms with E-state index in [1.54, 1.807) is 27.7 Å². The highest BCUT2D eigenvalue weighted by Gasteiger charge is 2.31. The minimum atomic E-state index is -3.15. The van der Waals surface area contributed by atoms with Gasteiger partial charge >= 0.3 is 6.09 Å². The molecule has 0 spiro atoms. The first-order chi connectivity index (χ1) is 9.55. The van der Waals surface area contributed by atoms with Crippen LogP contribution in [0.2, 0.25) is 0 Å². The van der Waals surface area contributed by atoms with E-state index in [2.05, 4.69) is 5.32 Å². The number of ether oxygens (including phenoxy) is 1. The minimum absolute atomic E-state index is 0.256. The van der Waals surface area contributed by atoms with Crippen molar-refractivity contribution in [3.8, 4) is 0 Å². The number of benzene rings is 1. The lowest BCUT2D eigenvalue weighted by Crippen LogP contribution is -2.27. The van der Waals surface area contributed by atoms with Crippen LogP contribution in [0.25, 0.3) is 0 Å². The maximum Gasteiger partial charge on any atom is 0.412 e. The standard InChI is InChI=1S/C15H21F2NO3/c1-10-5-6-11(15(16,17)7-8-19)9-12(10)18-13(20)21-14(2,3)4/h5-6,9,19H,7-8H2,1-4H3,(H,18,20). The van der Waals surface area contributed by atoms with Gasteiger partial charge in [0.1, 0.15) is 5.60 Å². The highest BCUT2D eigenvalue weighted by atomic mass is 19.3. The number of carbonyl (C=O) groups excluding carboxylic acids is 1. The summed E-state index contributed by atoms with van der Waals surface area (Å²) in [5, 5.41) is 11.2. The van der Waals surface area contributed by atoms with Crippen LogP contribution in [0.4, 0.5) is 19.3 Å². The molecular weight excluding hydrogens is 280 g/mol. The Morgan fingerprint density at radius 1 is 1.33 bits per heavy atom. The van der Waals surface area contributed by atoms with Crippen LogP contribution in [0.5, 0.6) is 0 Å². The van der Waals surface area contributed by atoms with E-state index in [0.717, 1.165) is 0 Å². The first-order valence-corrected chi connectivity index (χ1v) is 6.65. The first kappa shape index (κ1) is 17.4. The van der Waals surface area contributed by atoms with Crippen molar-refractivity contribution in [3.63, 3.8) is 0 Å². The summed E-state index contributed by atoms with van der Waals surface area (Å²) in [5.74, 6) is -3.15. The lowest BCUT2D eigenvalue weighted by Gasteiger charge is -2.21. The number of aliphatic hydroxyl groups excluding tert-OH is 1. The molecule has 4 nitrogen and oxygen atoms in total. The SMILES string of the molecule is Cc1ccc(C(F)(F)CCO)cc1NC(=O)OC(C)(C)C. The molecule has 118 valence electrons. The van der Waals surface area contributed by atoms with E-state index in [1.807, 2.05) is 0 Å². The van der Waals surface area contributed by atoms with Crippen molar-refractivity contribution in [3.05, 3.63) is 29.3 Å². The highest BCUT2D eigenvalue weighted by molar-refractivity contribution is 5.86. The molecule has 1 rings (SSSR count). The quantitative estimate of drug-likeness (QED) is 0.889. The average Bonchev–Trinajstić information content (AvgIpc) is 2.29. The molecule has 0 aromatic heterocycles. The molecule has 0 saturated heterocycles. The van der Waals surface area contributed by atoms with E-state index in [4.69, 9.17) is 9.84 Å². The number of alkyl halides is 2. The summed E-state index contributed by atoms with van der Waals surface area (Å²) in [6.07, 6.45) is -1.37. The molecule has 0 radical (unpaired) electrons. The minimum Gasteiger partial charge on any atom is -0.444 e. The van der Waals surface area contributed by atoms with Gasteiger partial charge in [-0.05, 0) is 39.3 Å². The van der Waals surface area contributed by atoms with E-state index >= 15 is 0 Å². The smallest absolute Gasteiger partial charge is 0.412 e. The summed E-state index contributed by atoms with van der Waals surface area (Å²) < 4.78 is 32.6. The molecule has 0 bridgehead atoms. The molecular formula is C15H21F2NO3. The molecule has 0 aliphatic heterocycles. The molecule has 1 amide bonds. The molecule has 0 atom stereocenters. The van der Waals surface area contributed by atoms with Crippen LogP contribution in [0, 0.1) is 6.92 Å². The van der Waals surface area contributed by atoms with Gasteiger partial charge < -0.3 is 9.84 Å². The molecule has 21 heavy (non-hydrogen) atoms. The second kappa shape index (κ2) is 6.39. The summed E-state index contributed by atoms with van der Waals surface area (Å²) in [5.41, 5.74) is -0.0202. The van der Waals surface area contributed by atoms with Crippen LogP contribution in [0.1, 0.15) is 38.3 Å². The molecule has 2 N–H and O–H groups in total. The monoisotopic (exact) mass is 301 g/mol. The summed E-state index contributed by atoms with van der Waals surface area (Å²) >= 11 is 0. The molecule has 1 aromatic rings. The highest BCUT2D eigenvalue weighted by Crippen LogP contribution is 2.33. The van der Waals surface area contributed by atoms with Gasteiger partial charge in [0.25, 0.3) is 5.92 Å². The number of anilines is 1. The predicted octanol–water partition coefficient (Wildman–Crippen LogP) is 3.82. The van der Waals surface area contributed by atoms with Crippen LogP contribution in [-0.2, 0) is 10.7 Å². The number of hydrogen-bond donors (Lipinski definition) is 2. The topological polar surface area (TPSA) is 58.6 Å². The van der Waals surface area contributed by atoms with Gasteiger partial charge in [0.15, 0.2) is 0 Å². The average molecular weight is 301 g/mol. The number of nitrogens with one attached hydrogen (secondary N) is 1. The van der Waals surface area contributed by atoms with Crippen molar-refractivity contribution in [2.24, 2.45) is 0 Å². The molecule has 0 aliphatic carbocycles. The van der Waals surface area contributed by atoms with Gasteiger partial charge in [-0.1, -0.05) is 12.1 Å². The Morgan fingerprint density at radius 2 is 1.95 bits per heavy atom. The van der Waals surface area contributed by atoms with Crippen LogP contribution >= 0.6 is 0 Å². The molecule has 0 heterocycles. The maximum absolute atomic E-state index is 13.8. The van der Waals surface area contributed by atoms with Gasteiger partial charge in [-0.15, -0.1) is 0 Å². The van der Waals surface area contributed by atoms with Gasteiger partial charge in [0.2, 0.25) is 0 Å². The number of amides is 1. The molecule has 1 aromatic carbocycles. The molecule has 0 unspecified atom stereocenters. The van der Waals surface area contributed by atoms with Crippen molar-refractivity contribution >= 4 is 11.8 Å². The van der Waals surface area contributed by atoms with Gasteiger partial charge in [-0.25, -0.2) is 13.6 Å². The number of hydrogen-bond acceptors (Lipinski definition) is 3. The first-order valence-electron chi connectivity index (χ1n) is 6.65. The Labute approximate surface area is 123 Å². The van der Waals surface area contributed by atoms with Crippen LogP contribution in [-0.4, -0.2) is 23.4 Å². The molecule has 6 heteroatoms. The van der Waals surface area contributed by atoms with E-state index in [-0.39, 0.29) is 11.3 Å². The molecule has 0 saturated carbocycles. The van der Waals surface area contributed by atoms with Crippen molar-refractivity contribution in [1.82, 2.24) is 0 Å². The van der Waals surface area contributed by atoms with E-state index in [0.29, 0.717) is 5.56 Å². The van der Waals surface area contributed by atoms with Crippen molar-refractivity contribution in [1.29, 1.82) is 0 Å². The number of aryl methyl sites for hydroxylation is 1. The maximum atomic E-state index is 13.8. The third kappa shape index (κ3) is 5.30. The Kier molecular flexibility index (Phi) is 5.28. The fourth-order valence-electron chi connectivity index (χ4n) is 1.68. The summed E-state index contributed by atoms with van der Waals surface area (Å²) in [6, 6.07) is 3.98. The van der Waals surface area contributed by atoms with Crippen LogP contribution in [0.15, 0.2) is 18.2 Å². The Bertz CT molecular complexity index is 510. The fraction of sp³-hybridized carbons (Fsp3) is 0.533. The lowest BCUT2D eigenvalue weighted by atomic mass is 10.0. The summed E-state index contributed by atoms with van der Waals surface area (Å²) in [6.45, 7) is 6.22. The second-order valence-corrected chi connectivity index (χ2v) is 5.83. The van der Waals surface area contributed by atoms with Crippen molar-refractivity contribution in [2.75, 3.05) is 11.9 Å². The number of aliphatic hydroxyl groups is 1. The zero-order valence-corrected chi connectivity index (χ0v) is 12.7. The van der Waals surface area contributed by atoms with Crippen LogP contribution < -0.4 is 5.32 Å². The largest absolute Gasteiger partial charge is 0.444 e. The fourth-order valence-corrected chi connectivity index (χ4v) is 1.68. The summed E-state index contributed by atoms with van der Waals surface area (Å²) in [4.78, 5) is 11.7. The van der Waals surface area contributed by atoms with Gasteiger partial charge in [0, 0.05) is 24.3 Å². The van der Waals surface area contributed by atoms with Gasteiger partial charge in [-0.2, -0.15) is 0 Å². The van der Waals surface area contributed by atoms with E-state index in [1.165, 1.54) is 18.2 Å². The van der Waals surface area contributed by atoms with Gasteiger partial charge in [0.05, 0.1) is 0 Å². The summed E-state index contributed by atoms with van der Waals surface area (Å²) in [7, 11) is 0. The second-order valence-electron chi connectivity index (χ2n) is 5.83. The zero-order chi connectivity index (χ0) is 16.3. The number of rotatable bonds is 4. The lowest BCUT2D eigenvalue weighted by molar-refractivity contribution is -0.0269.